The quantitative estimate of drug-likeness (QED) is 0.127. The van der Waals surface area contributed by atoms with Crippen molar-refractivity contribution in [1.82, 2.24) is 0 Å². The molecule has 0 aliphatic heterocycles. The molecule has 0 aromatic carbocycles. The lowest BCUT2D eigenvalue weighted by molar-refractivity contribution is 0.377. The fraction of sp³-hybridized carbons (Fsp3) is 0.929. The van der Waals surface area contributed by atoms with Crippen molar-refractivity contribution in [1.29, 1.82) is 0 Å². The molecule has 0 N–H and O–H groups in total. The van der Waals surface area contributed by atoms with Crippen LogP contribution in [0.2, 0.25) is 0 Å². The molecule has 0 aliphatic carbocycles. The Morgan fingerprint density at radius 3 is 1.29 bits per heavy atom. The molecule has 0 rings (SSSR count). The Balaban J connectivity index is 3.34. The van der Waals surface area contributed by atoms with Gasteiger partial charge in [-0.1, -0.05) is 143 Å². The summed E-state index contributed by atoms with van der Waals surface area (Å²) in [7, 11) is 0. The predicted molar refractivity (Wildman–Crippen MR) is 131 cm³/mol. The minimum atomic E-state index is 0.942. The predicted octanol–water partition coefficient (Wildman–Crippen LogP) is 10.5. The van der Waals surface area contributed by atoms with Crippen molar-refractivity contribution in [3.05, 3.63) is 12.7 Å². The molecule has 0 heteroatoms. The Labute approximate surface area is 180 Å². The number of hydrogen-bond acceptors (Lipinski definition) is 0. The molecular formula is C28H56. The lowest BCUT2D eigenvalue weighted by Gasteiger charge is -2.15. The van der Waals surface area contributed by atoms with Crippen molar-refractivity contribution < 1.29 is 0 Å². The van der Waals surface area contributed by atoms with Crippen LogP contribution in [0.3, 0.4) is 0 Å². The van der Waals surface area contributed by atoms with Gasteiger partial charge in [-0.3, -0.25) is 0 Å². The van der Waals surface area contributed by atoms with Crippen LogP contribution in [0.1, 0.15) is 150 Å². The largest absolute Gasteiger partial charge is 0.103 e. The third-order valence-corrected chi connectivity index (χ3v) is 6.67. The van der Waals surface area contributed by atoms with Gasteiger partial charge in [0.25, 0.3) is 0 Å². The summed E-state index contributed by atoms with van der Waals surface area (Å²) in [5.74, 6) is 2.83. The summed E-state index contributed by atoms with van der Waals surface area (Å²) in [6, 6.07) is 0. The zero-order valence-electron chi connectivity index (χ0n) is 20.5. The molecule has 3 atom stereocenters. The van der Waals surface area contributed by atoms with E-state index in [1.165, 1.54) is 122 Å². The normalized spacial score (nSPS) is 14.7. The molecule has 0 aromatic heterocycles. The molecular weight excluding hydrogens is 336 g/mol. The van der Waals surface area contributed by atoms with Crippen molar-refractivity contribution in [2.45, 2.75) is 150 Å². The Kier molecular flexibility index (Phi) is 21.2. The SMILES string of the molecule is C=CCCCCCCCCCCCC(C)CCCC(C)CCCC(C)CCC. The maximum Gasteiger partial charge on any atom is -0.0353 e. The molecule has 0 radical (unpaired) electrons. The summed E-state index contributed by atoms with van der Waals surface area (Å²) in [5.41, 5.74) is 0. The van der Waals surface area contributed by atoms with Crippen molar-refractivity contribution in [2.75, 3.05) is 0 Å². The molecule has 3 unspecified atom stereocenters. The average molecular weight is 393 g/mol. The van der Waals surface area contributed by atoms with Crippen LogP contribution in [0.25, 0.3) is 0 Å². The number of rotatable bonds is 22. The van der Waals surface area contributed by atoms with Crippen LogP contribution >= 0.6 is 0 Å². The third kappa shape index (κ3) is 20.5. The second-order valence-corrected chi connectivity index (χ2v) is 10.0. The van der Waals surface area contributed by atoms with Gasteiger partial charge in [0.1, 0.15) is 0 Å². The van der Waals surface area contributed by atoms with E-state index in [4.69, 9.17) is 0 Å². The molecule has 0 spiro atoms. The van der Waals surface area contributed by atoms with Crippen molar-refractivity contribution >= 4 is 0 Å². The highest BCUT2D eigenvalue weighted by atomic mass is 14.1. The first-order valence-corrected chi connectivity index (χ1v) is 13.2. The van der Waals surface area contributed by atoms with E-state index in [9.17, 15) is 0 Å². The first-order valence-electron chi connectivity index (χ1n) is 13.2. The molecule has 0 saturated carbocycles. The van der Waals surface area contributed by atoms with Gasteiger partial charge in [0, 0.05) is 0 Å². The molecule has 0 heterocycles. The number of unbranched alkanes of at least 4 members (excludes halogenated alkanes) is 9. The van der Waals surface area contributed by atoms with Crippen molar-refractivity contribution in [2.24, 2.45) is 17.8 Å². The Hall–Kier alpha value is -0.260. The fourth-order valence-corrected chi connectivity index (χ4v) is 4.57. The zero-order valence-corrected chi connectivity index (χ0v) is 20.5. The lowest BCUT2D eigenvalue weighted by Crippen LogP contribution is -2.01. The second-order valence-electron chi connectivity index (χ2n) is 10.0. The van der Waals surface area contributed by atoms with Gasteiger partial charge in [0.05, 0.1) is 0 Å². The summed E-state index contributed by atoms with van der Waals surface area (Å²) >= 11 is 0. The minimum absolute atomic E-state index is 0.942. The summed E-state index contributed by atoms with van der Waals surface area (Å²) in [4.78, 5) is 0. The highest BCUT2D eigenvalue weighted by Crippen LogP contribution is 2.22. The van der Waals surface area contributed by atoms with E-state index < -0.39 is 0 Å². The van der Waals surface area contributed by atoms with E-state index in [0.29, 0.717) is 0 Å². The Morgan fingerprint density at radius 2 is 0.857 bits per heavy atom. The van der Waals surface area contributed by atoms with Crippen molar-refractivity contribution in [3.8, 4) is 0 Å². The molecule has 168 valence electrons. The molecule has 28 heavy (non-hydrogen) atoms. The van der Waals surface area contributed by atoms with Gasteiger partial charge in [0.15, 0.2) is 0 Å². The maximum absolute atomic E-state index is 3.79. The van der Waals surface area contributed by atoms with Crippen LogP contribution in [0.15, 0.2) is 12.7 Å². The monoisotopic (exact) mass is 392 g/mol. The van der Waals surface area contributed by atoms with Gasteiger partial charge >= 0.3 is 0 Å². The Morgan fingerprint density at radius 1 is 0.500 bits per heavy atom. The summed E-state index contributed by atoms with van der Waals surface area (Å²) in [6.07, 6.45) is 29.2. The minimum Gasteiger partial charge on any atom is -0.103 e. The molecule has 0 bridgehead atoms. The smallest absolute Gasteiger partial charge is 0.0353 e. The third-order valence-electron chi connectivity index (χ3n) is 6.67. The van der Waals surface area contributed by atoms with Gasteiger partial charge in [-0.25, -0.2) is 0 Å². The van der Waals surface area contributed by atoms with Crippen LogP contribution in [-0.2, 0) is 0 Å². The molecule has 0 aromatic rings. The van der Waals surface area contributed by atoms with E-state index in [1.807, 2.05) is 0 Å². The number of hydrogen-bond donors (Lipinski definition) is 0. The molecule has 0 fully saturated rings. The summed E-state index contributed by atoms with van der Waals surface area (Å²) < 4.78 is 0. The van der Waals surface area contributed by atoms with Crippen LogP contribution < -0.4 is 0 Å². The summed E-state index contributed by atoms with van der Waals surface area (Å²) in [6.45, 7) is 13.5. The van der Waals surface area contributed by atoms with E-state index in [-0.39, 0.29) is 0 Å². The van der Waals surface area contributed by atoms with Crippen LogP contribution in [-0.4, -0.2) is 0 Å². The average Bonchev–Trinajstić information content (AvgIpc) is 2.66. The first kappa shape index (κ1) is 27.7. The van der Waals surface area contributed by atoms with Gasteiger partial charge in [-0.05, 0) is 30.6 Å². The van der Waals surface area contributed by atoms with E-state index in [0.717, 1.165) is 17.8 Å². The van der Waals surface area contributed by atoms with Gasteiger partial charge < -0.3 is 0 Å². The van der Waals surface area contributed by atoms with Crippen LogP contribution in [0.5, 0.6) is 0 Å². The van der Waals surface area contributed by atoms with Crippen LogP contribution in [0.4, 0.5) is 0 Å². The number of allylic oxidation sites excluding steroid dienone is 1. The van der Waals surface area contributed by atoms with Crippen molar-refractivity contribution in [3.63, 3.8) is 0 Å². The highest BCUT2D eigenvalue weighted by molar-refractivity contribution is 4.65. The topological polar surface area (TPSA) is 0 Å². The van der Waals surface area contributed by atoms with Gasteiger partial charge in [0.2, 0.25) is 0 Å². The van der Waals surface area contributed by atoms with Crippen LogP contribution in [0, 0.1) is 17.8 Å². The van der Waals surface area contributed by atoms with E-state index in [2.05, 4.69) is 40.3 Å². The molecule has 0 saturated heterocycles. The van der Waals surface area contributed by atoms with Gasteiger partial charge in [-0.2, -0.15) is 0 Å². The van der Waals surface area contributed by atoms with Gasteiger partial charge in [-0.15, -0.1) is 6.58 Å². The fourth-order valence-electron chi connectivity index (χ4n) is 4.57. The summed E-state index contributed by atoms with van der Waals surface area (Å²) in [5, 5.41) is 0. The van der Waals surface area contributed by atoms with E-state index in [1.54, 1.807) is 0 Å². The lowest BCUT2D eigenvalue weighted by atomic mass is 9.91. The molecule has 0 nitrogen and oxygen atoms in total. The maximum atomic E-state index is 3.79. The molecule has 0 aliphatic rings. The second kappa shape index (κ2) is 21.4. The zero-order chi connectivity index (χ0) is 20.9. The Bertz CT molecular complexity index is 305. The standard InChI is InChI=1S/C28H56/c1-6-8-9-10-11-12-13-14-15-16-17-21-27(4)23-19-25-28(5)24-18-22-26(3)20-7-2/h6,26-28H,1,7-25H2,2-5H3. The highest BCUT2D eigenvalue weighted by Gasteiger charge is 2.07. The molecule has 0 amide bonds. The first-order chi connectivity index (χ1) is 13.6. The van der Waals surface area contributed by atoms with E-state index >= 15 is 0 Å².